The largest absolute Gasteiger partial charge is 0.365 e. The van der Waals surface area contributed by atoms with Crippen LogP contribution in [-0.2, 0) is 6.42 Å². The smallest absolute Gasteiger partial charge is 0.264 e. The lowest BCUT2D eigenvalue weighted by Gasteiger charge is -2.01. The van der Waals surface area contributed by atoms with E-state index >= 15 is 0 Å². The van der Waals surface area contributed by atoms with E-state index in [1.54, 1.807) is 6.92 Å². The molecule has 5 heteroatoms. The van der Waals surface area contributed by atoms with Gasteiger partial charge in [-0.25, -0.2) is 4.98 Å². The Balaban J connectivity index is 3.40. The van der Waals surface area contributed by atoms with Gasteiger partial charge in [0.25, 0.3) is 11.5 Å². The second-order valence-electron chi connectivity index (χ2n) is 2.69. The van der Waals surface area contributed by atoms with Gasteiger partial charge in [-0.1, -0.05) is 6.92 Å². The van der Waals surface area contributed by atoms with Gasteiger partial charge in [0.1, 0.15) is 11.4 Å². The molecule has 13 heavy (non-hydrogen) atoms. The highest BCUT2D eigenvalue weighted by atomic mass is 16.2. The Bertz CT molecular complexity index is 395. The molecule has 3 N–H and O–H groups in total. The summed E-state index contributed by atoms with van der Waals surface area (Å²) in [4.78, 5) is 28.6. The summed E-state index contributed by atoms with van der Waals surface area (Å²) in [7, 11) is 0. The van der Waals surface area contributed by atoms with Crippen molar-refractivity contribution in [2.45, 2.75) is 20.3 Å². The molecule has 5 nitrogen and oxygen atoms in total. The van der Waals surface area contributed by atoms with Gasteiger partial charge in [0.15, 0.2) is 0 Å². The van der Waals surface area contributed by atoms with Crippen LogP contribution in [0.4, 0.5) is 0 Å². The predicted octanol–water partition coefficient (Wildman–Crippen LogP) is -0.260. The van der Waals surface area contributed by atoms with Crippen molar-refractivity contribution >= 4 is 5.91 Å². The van der Waals surface area contributed by atoms with E-state index in [1.807, 2.05) is 6.92 Å². The third-order valence-corrected chi connectivity index (χ3v) is 1.73. The lowest BCUT2D eigenvalue weighted by molar-refractivity contribution is 0.0997. The maximum absolute atomic E-state index is 11.3. The third kappa shape index (κ3) is 1.74. The van der Waals surface area contributed by atoms with E-state index in [-0.39, 0.29) is 5.56 Å². The lowest BCUT2D eigenvalue weighted by atomic mass is 10.2. The van der Waals surface area contributed by atoms with Crippen molar-refractivity contribution in [1.82, 2.24) is 9.97 Å². The fourth-order valence-electron chi connectivity index (χ4n) is 1.10. The average molecular weight is 181 g/mol. The first-order valence-corrected chi connectivity index (χ1v) is 3.95. The van der Waals surface area contributed by atoms with Crippen LogP contribution in [0.3, 0.4) is 0 Å². The Morgan fingerprint density at radius 3 is 2.62 bits per heavy atom. The second kappa shape index (κ2) is 3.38. The number of hydrogen-bond donors (Lipinski definition) is 2. The highest BCUT2D eigenvalue weighted by Gasteiger charge is 2.11. The number of carbonyl (C=O) groups excluding carboxylic acids is 1. The number of nitrogens with one attached hydrogen (secondary N) is 1. The summed E-state index contributed by atoms with van der Waals surface area (Å²) in [5, 5.41) is 0. The fourth-order valence-corrected chi connectivity index (χ4v) is 1.10. The van der Waals surface area contributed by atoms with Crippen molar-refractivity contribution in [3.63, 3.8) is 0 Å². The van der Waals surface area contributed by atoms with Crippen molar-refractivity contribution in [2.24, 2.45) is 5.73 Å². The van der Waals surface area contributed by atoms with Gasteiger partial charge < -0.3 is 10.7 Å². The molecule has 0 aliphatic heterocycles. The monoisotopic (exact) mass is 181 g/mol. The minimum absolute atomic E-state index is 0.0581. The number of aromatic nitrogens is 2. The van der Waals surface area contributed by atoms with E-state index < -0.39 is 11.5 Å². The van der Waals surface area contributed by atoms with Gasteiger partial charge in [-0.2, -0.15) is 0 Å². The van der Waals surface area contributed by atoms with Gasteiger partial charge in [-0.3, -0.25) is 9.59 Å². The normalized spacial score (nSPS) is 10.0. The zero-order valence-corrected chi connectivity index (χ0v) is 7.55. The summed E-state index contributed by atoms with van der Waals surface area (Å²) in [5.74, 6) is -0.179. The molecular formula is C8H11N3O2. The number of nitrogens with two attached hydrogens (primary N) is 1. The topological polar surface area (TPSA) is 88.8 Å². The molecule has 0 fully saturated rings. The van der Waals surface area contributed by atoms with Crippen LogP contribution in [0.25, 0.3) is 0 Å². The van der Waals surface area contributed by atoms with Crippen molar-refractivity contribution in [1.29, 1.82) is 0 Å². The van der Waals surface area contributed by atoms with Gasteiger partial charge in [0.05, 0.1) is 5.69 Å². The maximum atomic E-state index is 11.3. The van der Waals surface area contributed by atoms with Crippen LogP contribution < -0.4 is 11.3 Å². The first-order chi connectivity index (χ1) is 6.06. The highest BCUT2D eigenvalue weighted by molar-refractivity contribution is 5.93. The van der Waals surface area contributed by atoms with Gasteiger partial charge >= 0.3 is 0 Å². The third-order valence-electron chi connectivity index (χ3n) is 1.73. The van der Waals surface area contributed by atoms with Crippen molar-refractivity contribution < 1.29 is 4.79 Å². The molecule has 0 atom stereocenters. The Morgan fingerprint density at radius 1 is 1.62 bits per heavy atom. The first-order valence-electron chi connectivity index (χ1n) is 3.95. The quantitative estimate of drug-likeness (QED) is 0.658. The summed E-state index contributed by atoms with van der Waals surface area (Å²) < 4.78 is 0. The van der Waals surface area contributed by atoms with Crippen LogP contribution in [0, 0.1) is 6.92 Å². The molecule has 1 amide bonds. The SMILES string of the molecule is CCc1nc(C)c(C(N)=O)c(=O)[nH]1. The van der Waals surface area contributed by atoms with E-state index in [4.69, 9.17) is 5.73 Å². The number of aryl methyl sites for hydroxylation is 2. The van der Waals surface area contributed by atoms with Crippen LogP contribution >= 0.6 is 0 Å². The summed E-state index contributed by atoms with van der Waals surface area (Å²) in [6, 6.07) is 0. The Kier molecular flexibility index (Phi) is 2.46. The molecule has 1 heterocycles. The number of rotatable bonds is 2. The second-order valence-corrected chi connectivity index (χ2v) is 2.69. The van der Waals surface area contributed by atoms with Crippen molar-refractivity contribution in [2.75, 3.05) is 0 Å². The molecule has 1 rings (SSSR count). The zero-order chi connectivity index (χ0) is 10.0. The van der Waals surface area contributed by atoms with Gasteiger partial charge in [-0.15, -0.1) is 0 Å². The Morgan fingerprint density at radius 2 is 2.23 bits per heavy atom. The summed E-state index contributed by atoms with van der Waals surface area (Å²) in [5.41, 5.74) is 4.87. The van der Waals surface area contributed by atoms with E-state index in [0.29, 0.717) is 17.9 Å². The number of amides is 1. The molecule has 0 aromatic carbocycles. The van der Waals surface area contributed by atoms with E-state index in [0.717, 1.165) is 0 Å². The number of aromatic amines is 1. The van der Waals surface area contributed by atoms with E-state index in [2.05, 4.69) is 9.97 Å². The summed E-state index contributed by atoms with van der Waals surface area (Å²) in [6.07, 6.45) is 0.620. The zero-order valence-electron chi connectivity index (χ0n) is 7.55. The number of hydrogen-bond acceptors (Lipinski definition) is 3. The maximum Gasteiger partial charge on any atom is 0.264 e. The van der Waals surface area contributed by atoms with Gasteiger partial charge in [-0.05, 0) is 6.92 Å². The molecule has 1 aromatic rings. The van der Waals surface area contributed by atoms with Gasteiger partial charge in [0.2, 0.25) is 0 Å². The summed E-state index contributed by atoms with van der Waals surface area (Å²) in [6.45, 7) is 3.45. The minimum Gasteiger partial charge on any atom is -0.365 e. The number of nitrogens with zero attached hydrogens (tertiary/aromatic N) is 1. The number of H-pyrrole nitrogens is 1. The highest BCUT2D eigenvalue weighted by Crippen LogP contribution is 1.97. The van der Waals surface area contributed by atoms with Crippen LogP contribution in [0.2, 0.25) is 0 Å². The molecule has 0 radical (unpaired) electrons. The van der Waals surface area contributed by atoms with Crippen LogP contribution in [-0.4, -0.2) is 15.9 Å². The molecule has 1 aromatic heterocycles. The summed E-state index contributed by atoms with van der Waals surface area (Å²) >= 11 is 0. The van der Waals surface area contributed by atoms with E-state index in [9.17, 15) is 9.59 Å². The molecule has 0 unspecified atom stereocenters. The van der Waals surface area contributed by atoms with Gasteiger partial charge in [0, 0.05) is 6.42 Å². The number of carbonyl (C=O) groups is 1. The molecule has 0 saturated carbocycles. The van der Waals surface area contributed by atoms with Crippen molar-refractivity contribution in [3.8, 4) is 0 Å². The van der Waals surface area contributed by atoms with Crippen LogP contribution in [0.15, 0.2) is 4.79 Å². The Hall–Kier alpha value is -1.65. The number of primary amides is 1. The van der Waals surface area contributed by atoms with Crippen LogP contribution in [0.5, 0.6) is 0 Å². The lowest BCUT2D eigenvalue weighted by Crippen LogP contribution is -2.27. The Labute approximate surface area is 75.0 Å². The first kappa shape index (κ1) is 9.44. The molecule has 0 saturated heterocycles. The standard InChI is InChI=1S/C8H11N3O2/c1-3-5-10-4(2)6(7(9)12)8(13)11-5/h3H2,1-2H3,(H2,9,12)(H,10,11,13). The van der Waals surface area contributed by atoms with Crippen LogP contribution in [0.1, 0.15) is 28.8 Å². The predicted molar refractivity (Wildman–Crippen MR) is 47.5 cm³/mol. The molecule has 0 spiro atoms. The van der Waals surface area contributed by atoms with Crippen molar-refractivity contribution in [3.05, 3.63) is 27.4 Å². The minimum atomic E-state index is -0.742. The molecule has 0 bridgehead atoms. The average Bonchev–Trinajstić information content (AvgIpc) is 2.02. The molecule has 0 aliphatic carbocycles. The molecule has 0 aliphatic rings. The van der Waals surface area contributed by atoms with E-state index in [1.165, 1.54) is 0 Å². The molecule has 70 valence electrons. The fraction of sp³-hybridized carbons (Fsp3) is 0.375. The molecular weight excluding hydrogens is 170 g/mol.